The molecule has 0 aliphatic carbocycles. The molecule has 0 spiro atoms. The van der Waals surface area contributed by atoms with Crippen LogP contribution in [0.5, 0.6) is 5.75 Å². The zero-order valence-electron chi connectivity index (χ0n) is 18.6. The molecule has 34 heavy (non-hydrogen) atoms. The number of hydrogen-bond donors (Lipinski definition) is 4. The van der Waals surface area contributed by atoms with Gasteiger partial charge in [-0.25, -0.2) is 0 Å². The third-order valence-corrected chi connectivity index (χ3v) is 6.36. The quantitative estimate of drug-likeness (QED) is 0.234. The van der Waals surface area contributed by atoms with Gasteiger partial charge in [-0.1, -0.05) is 35.0 Å². The van der Waals surface area contributed by atoms with Gasteiger partial charge in [0.1, 0.15) is 30.7 Å². The maximum absolute atomic E-state index is 10.9. The Balaban J connectivity index is 1.63. The van der Waals surface area contributed by atoms with Gasteiger partial charge in [0.2, 0.25) is 5.79 Å². The zero-order valence-corrected chi connectivity index (χ0v) is 19.4. The first kappa shape index (κ1) is 24.9. The summed E-state index contributed by atoms with van der Waals surface area (Å²) < 4.78 is 17.5. The van der Waals surface area contributed by atoms with Crippen LogP contribution in [0.2, 0.25) is 5.02 Å². The lowest BCUT2D eigenvalue weighted by atomic mass is 9.84. The summed E-state index contributed by atoms with van der Waals surface area (Å²) in [6, 6.07) is 12.7. The molecule has 2 aliphatic heterocycles. The normalized spacial score (nSPS) is 30.6. The molecule has 2 saturated heterocycles. The Morgan fingerprint density at radius 2 is 1.91 bits per heavy atom. The van der Waals surface area contributed by atoms with Gasteiger partial charge in [0.05, 0.1) is 26.0 Å². The fraction of sp³-hybridized carbons (Fsp3) is 0.458. The molecule has 4 N–H and O–H groups in total. The molecular weight excluding hydrogens is 466 g/mol. The number of benzene rings is 2. The van der Waals surface area contributed by atoms with E-state index in [4.69, 9.17) is 35.8 Å². The van der Waals surface area contributed by atoms with Crippen LogP contribution in [0, 0.1) is 0 Å². The van der Waals surface area contributed by atoms with Gasteiger partial charge in [0.25, 0.3) is 0 Å². The number of nitrogens with zero attached hydrogens (tertiary/aromatic N) is 1. The number of rotatable bonds is 9. The maximum atomic E-state index is 10.9. The maximum Gasteiger partial charge on any atom is 0.225 e. The molecule has 2 fully saturated rings. The molecule has 2 aromatic carbocycles. The van der Waals surface area contributed by atoms with Crippen molar-refractivity contribution in [2.24, 2.45) is 5.16 Å². The first-order valence-corrected chi connectivity index (χ1v) is 11.4. The Morgan fingerprint density at radius 3 is 2.62 bits per heavy atom. The highest BCUT2D eigenvalue weighted by molar-refractivity contribution is 6.31. The number of aliphatic hydroxyl groups excluding tert-OH is 4. The summed E-state index contributed by atoms with van der Waals surface area (Å²) in [7, 11) is 0. The molecule has 2 aliphatic rings. The Bertz CT molecular complexity index is 1020. The smallest absolute Gasteiger partial charge is 0.225 e. The van der Waals surface area contributed by atoms with Crippen LogP contribution < -0.4 is 4.74 Å². The minimum atomic E-state index is -1.75. The van der Waals surface area contributed by atoms with Gasteiger partial charge in [0.15, 0.2) is 5.60 Å². The molecular formula is C24H28ClNO8. The van der Waals surface area contributed by atoms with Gasteiger partial charge < -0.3 is 39.5 Å². The van der Waals surface area contributed by atoms with Crippen molar-refractivity contribution in [2.45, 2.75) is 43.0 Å². The minimum absolute atomic E-state index is 0.0497. The Hall–Kier alpha value is -2.24. The first-order chi connectivity index (χ1) is 16.3. The van der Waals surface area contributed by atoms with Crippen LogP contribution in [0.25, 0.3) is 0 Å². The predicted molar refractivity (Wildman–Crippen MR) is 123 cm³/mol. The lowest BCUT2D eigenvalue weighted by Gasteiger charge is -2.45. The van der Waals surface area contributed by atoms with E-state index in [2.05, 4.69) is 5.16 Å². The molecule has 2 heterocycles. The van der Waals surface area contributed by atoms with E-state index in [1.54, 1.807) is 18.2 Å². The summed E-state index contributed by atoms with van der Waals surface area (Å²) >= 11 is 6.46. The Kier molecular flexibility index (Phi) is 7.44. The molecule has 4 rings (SSSR count). The van der Waals surface area contributed by atoms with Crippen molar-refractivity contribution in [2.75, 3.05) is 26.4 Å². The van der Waals surface area contributed by atoms with E-state index in [0.717, 1.165) is 16.9 Å². The number of ether oxygens (including phenoxy) is 3. The van der Waals surface area contributed by atoms with E-state index in [1.807, 2.05) is 31.2 Å². The van der Waals surface area contributed by atoms with Crippen molar-refractivity contribution >= 4 is 17.8 Å². The fourth-order valence-corrected chi connectivity index (χ4v) is 4.41. The topological polar surface area (TPSA) is 130 Å². The molecule has 0 saturated carbocycles. The van der Waals surface area contributed by atoms with Gasteiger partial charge in [-0.2, -0.15) is 0 Å². The minimum Gasteiger partial charge on any atom is -0.494 e. The molecule has 5 atom stereocenters. The van der Waals surface area contributed by atoms with Crippen LogP contribution in [0.15, 0.2) is 47.6 Å². The summed E-state index contributed by atoms with van der Waals surface area (Å²) in [6.07, 6.45) is -3.00. The monoisotopic (exact) mass is 493 g/mol. The van der Waals surface area contributed by atoms with E-state index < -0.39 is 29.7 Å². The van der Waals surface area contributed by atoms with Crippen molar-refractivity contribution in [3.05, 3.63) is 64.2 Å². The molecule has 184 valence electrons. The number of fused-ring (bicyclic) bond motifs is 2. The first-order valence-electron chi connectivity index (χ1n) is 11.0. The second-order valence-electron chi connectivity index (χ2n) is 8.24. The van der Waals surface area contributed by atoms with Crippen LogP contribution >= 0.6 is 11.6 Å². The van der Waals surface area contributed by atoms with Gasteiger partial charge >= 0.3 is 0 Å². The van der Waals surface area contributed by atoms with Crippen LogP contribution in [-0.4, -0.2) is 77.0 Å². The third kappa shape index (κ3) is 4.52. The zero-order chi connectivity index (χ0) is 24.3. The van der Waals surface area contributed by atoms with Crippen molar-refractivity contribution < 1.29 is 39.5 Å². The van der Waals surface area contributed by atoms with Crippen molar-refractivity contribution in [1.29, 1.82) is 0 Å². The van der Waals surface area contributed by atoms with E-state index in [0.29, 0.717) is 23.6 Å². The molecule has 9 nitrogen and oxygen atoms in total. The highest BCUT2D eigenvalue weighted by Gasteiger charge is 2.67. The number of oxime groups is 1. The van der Waals surface area contributed by atoms with Gasteiger partial charge in [-0.05, 0) is 48.7 Å². The van der Waals surface area contributed by atoms with Crippen LogP contribution in [0.1, 0.15) is 23.6 Å². The van der Waals surface area contributed by atoms with Crippen LogP contribution in [0.4, 0.5) is 0 Å². The van der Waals surface area contributed by atoms with Gasteiger partial charge in [0, 0.05) is 10.6 Å². The molecule has 10 heteroatoms. The molecule has 0 amide bonds. The lowest BCUT2D eigenvalue weighted by Crippen LogP contribution is -2.65. The fourth-order valence-electron chi connectivity index (χ4n) is 4.23. The lowest BCUT2D eigenvalue weighted by molar-refractivity contribution is -0.312. The van der Waals surface area contributed by atoms with E-state index in [9.17, 15) is 15.3 Å². The van der Waals surface area contributed by atoms with Crippen molar-refractivity contribution in [3.8, 4) is 5.75 Å². The van der Waals surface area contributed by atoms with E-state index >= 15 is 0 Å². The van der Waals surface area contributed by atoms with Crippen LogP contribution in [-0.2, 0) is 26.5 Å². The average Bonchev–Trinajstić information content (AvgIpc) is 3.22. The van der Waals surface area contributed by atoms with Gasteiger partial charge in [-0.3, -0.25) is 0 Å². The standard InChI is InChI=1S/C24H28ClNO8/c1-2-31-18-6-3-15(4-7-18)11-16-12-17(5-8-19(16)25)24-22(30)20(28)21(29)23(34-24,14-32-24)13-26-33-10-9-27/h3-8,12-13,20-22,27-30H,2,9-11,14H2,1H3/b26-13+/t20-,21-,22+,23-,24-/m0/s1. The molecule has 2 aromatic rings. The molecule has 0 unspecified atom stereocenters. The highest BCUT2D eigenvalue weighted by atomic mass is 35.5. The van der Waals surface area contributed by atoms with Crippen molar-refractivity contribution in [3.63, 3.8) is 0 Å². The molecule has 2 bridgehead atoms. The Labute approximate surface area is 202 Å². The predicted octanol–water partition coefficient (Wildman–Crippen LogP) is 1.36. The number of halogens is 1. The molecule has 0 aromatic heterocycles. The third-order valence-electron chi connectivity index (χ3n) is 6.00. The summed E-state index contributed by atoms with van der Waals surface area (Å²) in [5, 5.41) is 45.2. The number of hydrogen-bond acceptors (Lipinski definition) is 9. The number of aliphatic hydroxyl groups is 4. The summed E-state index contributed by atoms with van der Waals surface area (Å²) in [5.74, 6) is -0.976. The Morgan fingerprint density at radius 1 is 1.15 bits per heavy atom. The van der Waals surface area contributed by atoms with E-state index in [-0.39, 0.29) is 19.8 Å². The van der Waals surface area contributed by atoms with Gasteiger partial charge in [-0.15, -0.1) is 0 Å². The van der Waals surface area contributed by atoms with E-state index in [1.165, 1.54) is 6.21 Å². The average molecular weight is 494 g/mol. The largest absolute Gasteiger partial charge is 0.494 e. The van der Waals surface area contributed by atoms with Crippen molar-refractivity contribution in [1.82, 2.24) is 0 Å². The highest BCUT2D eigenvalue weighted by Crippen LogP contribution is 2.49. The second kappa shape index (κ2) is 10.2. The summed E-state index contributed by atoms with van der Waals surface area (Å²) in [4.78, 5) is 4.91. The second-order valence-corrected chi connectivity index (χ2v) is 8.65. The summed E-state index contributed by atoms with van der Waals surface area (Å²) in [5.41, 5.74) is 0.636. The SMILES string of the molecule is CCOc1ccc(Cc2cc([C@]34OC[C@](/C=N/OCCO)(O3)[C@@H](O)[C@H](O)[C@H]4O)ccc2Cl)cc1. The molecule has 0 radical (unpaired) electrons. The van der Waals surface area contributed by atoms with Crippen LogP contribution in [0.3, 0.4) is 0 Å². The summed E-state index contributed by atoms with van der Waals surface area (Å²) in [6.45, 7) is 2.02.